The van der Waals surface area contributed by atoms with Gasteiger partial charge in [0.2, 0.25) is 11.8 Å². The Balaban J connectivity index is 2.10. The van der Waals surface area contributed by atoms with E-state index >= 15 is 0 Å². The first kappa shape index (κ1) is 22.5. The van der Waals surface area contributed by atoms with Gasteiger partial charge in [0.25, 0.3) is 0 Å². The van der Waals surface area contributed by atoms with Crippen molar-refractivity contribution in [1.82, 2.24) is 0 Å². The number of carboxylic acids is 1. The number of carboxylic acid groups (broad SMARTS) is 1. The summed E-state index contributed by atoms with van der Waals surface area (Å²) in [5, 5.41) is 14.5. The van der Waals surface area contributed by atoms with Crippen molar-refractivity contribution in [3.8, 4) is 0 Å². The molecule has 0 aromatic heterocycles. The summed E-state index contributed by atoms with van der Waals surface area (Å²) < 4.78 is 0. The molecular weight excluding hydrogens is 388 g/mol. The smallest absolute Gasteiger partial charge is 0.335 e. The predicted molar refractivity (Wildman–Crippen MR) is 117 cm³/mol. The van der Waals surface area contributed by atoms with Gasteiger partial charge in [-0.05, 0) is 55.7 Å². The zero-order chi connectivity index (χ0) is 21.4. The van der Waals surface area contributed by atoms with E-state index < -0.39 is 5.97 Å². The van der Waals surface area contributed by atoms with E-state index in [1.54, 1.807) is 6.07 Å². The Hall–Kier alpha value is -2.80. The Morgan fingerprint density at radius 1 is 1.07 bits per heavy atom. The second kappa shape index (κ2) is 10.7. The van der Waals surface area contributed by atoms with Crippen molar-refractivity contribution in [3.05, 3.63) is 53.6 Å². The predicted octanol–water partition coefficient (Wildman–Crippen LogP) is 4.94. The maximum Gasteiger partial charge on any atom is 0.335 e. The molecule has 0 aliphatic carbocycles. The van der Waals surface area contributed by atoms with Crippen LogP contribution in [0.3, 0.4) is 0 Å². The number of nitrogens with one attached hydrogen (secondary N) is 2. The van der Waals surface area contributed by atoms with Gasteiger partial charge in [-0.25, -0.2) is 4.79 Å². The van der Waals surface area contributed by atoms with Crippen molar-refractivity contribution in [2.75, 3.05) is 10.6 Å². The number of amides is 2. The average Bonchev–Trinajstić information content (AvgIpc) is 2.68. The van der Waals surface area contributed by atoms with E-state index in [0.717, 1.165) is 16.9 Å². The first-order chi connectivity index (χ1) is 13.8. The number of anilines is 2. The number of carbonyl (C=O) groups excluding carboxylic acids is 2. The Bertz CT molecular complexity index is 898. The Labute approximate surface area is 175 Å². The zero-order valence-corrected chi connectivity index (χ0v) is 17.6. The minimum absolute atomic E-state index is 0.0341. The molecule has 0 radical (unpaired) electrons. The van der Waals surface area contributed by atoms with Crippen molar-refractivity contribution in [3.63, 3.8) is 0 Å². The Morgan fingerprint density at radius 2 is 1.83 bits per heavy atom. The van der Waals surface area contributed by atoms with Crippen LogP contribution < -0.4 is 10.6 Å². The number of hydrogen-bond donors (Lipinski definition) is 3. The molecule has 3 N–H and O–H groups in total. The largest absolute Gasteiger partial charge is 0.478 e. The number of rotatable bonds is 9. The van der Waals surface area contributed by atoms with E-state index in [4.69, 9.17) is 5.11 Å². The minimum atomic E-state index is -1.04. The van der Waals surface area contributed by atoms with Crippen LogP contribution in [0.1, 0.15) is 49.0 Å². The van der Waals surface area contributed by atoms with Crippen molar-refractivity contribution >= 4 is 40.9 Å². The normalized spacial score (nSPS) is 11.6. The van der Waals surface area contributed by atoms with E-state index in [1.807, 2.05) is 45.0 Å². The van der Waals surface area contributed by atoms with Crippen molar-refractivity contribution in [2.45, 2.75) is 50.2 Å². The van der Waals surface area contributed by atoms with Crippen LogP contribution in [0.4, 0.5) is 11.4 Å². The van der Waals surface area contributed by atoms with Crippen LogP contribution in [0, 0.1) is 6.92 Å². The maximum absolute atomic E-state index is 12.8. The molecular formula is C22H26N2O4S. The fourth-order valence-corrected chi connectivity index (χ4v) is 3.70. The third kappa shape index (κ3) is 6.64. The summed E-state index contributed by atoms with van der Waals surface area (Å²) in [5.41, 5.74) is 2.12. The monoisotopic (exact) mass is 414 g/mol. The number of hydrogen-bond acceptors (Lipinski definition) is 4. The highest BCUT2D eigenvalue weighted by Gasteiger charge is 2.19. The standard InChI is InChI=1S/C22H26N2O4S/c1-4-7-20(25)23-16-8-6-9-17(13-16)29-19(5-2)21(26)24-18-12-15(22(27)28)11-10-14(18)3/h6,8-13,19H,4-5,7H2,1-3H3,(H,23,25)(H,24,26)(H,27,28). The maximum atomic E-state index is 12.8. The lowest BCUT2D eigenvalue weighted by molar-refractivity contribution is -0.116. The SMILES string of the molecule is CCCC(=O)Nc1cccc(SC(CC)C(=O)Nc2cc(C(=O)O)ccc2C)c1. The van der Waals surface area contributed by atoms with Gasteiger partial charge in [-0.15, -0.1) is 11.8 Å². The molecule has 2 aromatic rings. The molecule has 1 unspecified atom stereocenters. The molecule has 7 heteroatoms. The lowest BCUT2D eigenvalue weighted by Gasteiger charge is -2.17. The van der Waals surface area contributed by atoms with Gasteiger partial charge >= 0.3 is 5.97 Å². The molecule has 0 saturated heterocycles. The van der Waals surface area contributed by atoms with Gasteiger partial charge in [-0.2, -0.15) is 0 Å². The molecule has 1 atom stereocenters. The molecule has 0 aliphatic rings. The molecule has 2 aromatic carbocycles. The third-order valence-electron chi connectivity index (χ3n) is 4.28. The Kier molecular flexibility index (Phi) is 8.27. The van der Waals surface area contributed by atoms with E-state index in [-0.39, 0.29) is 22.6 Å². The van der Waals surface area contributed by atoms with Gasteiger partial charge in [0.05, 0.1) is 10.8 Å². The number of aryl methyl sites for hydroxylation is 1. The van der Waals surface area contributed by atoms with Crippen LogP contribution in [-0.4, -0.2) is 28.1 Å². The van der Waals surface area contributed by atoms with Crippen LogP contribution in [0.2, 0.25) is 0 Å². The van der Waals surface area contributed by atoms with Crippen molar-refractivity contribution in [2.24, 2.45) is 0 Å². The molecule has 0 fully saturated rings. The van der Waals surface area contributed by atoms with Gasteiger partial charge in [0.15, 0.2) is 0 Å². The molecule has 154 valence electrons. The molecule has 2 amide bonds. The highest BCUT2D eigenvalue weighted by Crippen LogP contribution is 2.29. The number of benzene rings is 2. The quantitative estimate of drug-likeness (QED) is 0.505. The summed E-state index contributed by atoms with van der Waals surface area (Å²) in [5.74, 6) is -1.26. The highest BCUT2D eigenvalue weighted by atomic mass is 32.2. The lowest BCUT2D eigenvalue weighted by atomic mass is 10.1. The van der Waals surface area contributed by atoms with E-state index in [0.29, 0.717) is 24.2 Å². The van der Waals surface area contributed by atoms with Crippen molar-refractivity contribution < 1.29 is 19.5 Å². The lowest BCUT2D eigenvalue weighted by Crippen LogP contribution is -2.25. The summed E-state index contributed by atoms with van der Waals surface area (Å²) in [4.78, 5) is 36.6. The fraction of sp³-hybridized carbons (Fsp3) is 0.318. The average molecular weight is 415 g/mol. The molecule has 0 bridgehead atoms. The molecule has 29 heavy (non-hydrogen) atoms. The van der Waals surface area contributed by atoms with Crippen LogP contribution in [0.15, 0.2) is 47.4 Å². The molecule has 0 spiro atoms. The van der Waals surface area contributed by atoms with Crippen LogP contribution in [0.25, 0.3) is 0 Å². The number of aromatic carboxylic acids is 1. The van der Waals surface area contributed by atoms with Gasteiger partial charge in [-0.3, -0.25) is 9.59 Å². The second-order valence-electron chi connectivity index (χ2n) is 6.66. The van der Waals surface area contributed by atoms with E-state index in [1.165, 1.54) is 23.9 Å². The van der Waals surface area contributed by atoms with Gasteiger partial charge in [-0.1, -0.05) is 26.0 Å². The van der Waals surface area contributed by atoms with Crippen molar-refractivity contribution in [1.29, 1.82) is 0 Å². The van der Waals surface area contributed by atoms with Gasteiger partial charge in [0.1, 0.15) is 0 Å². The minimum Gasteiger partial charge on any atom is -0.478 e. The first-order valence-electron chi connectivity index (χ1n) is 9.55. The van der Waals surface area contributed by atoms with Crippen LogP contribution >= 0.6 is 11.8 Å². The Morgan fingerprint density at radius 3 is 2.48 bits per heavy atom. The second-order valence-corrected chi connectivity index (χ2v) is 7.94. The summed E-state index contributed by atoms with van der Waals surface area (Å²) in [6.45, 7) is 5.69. The molecule has 2 rings (SSSR count). The summed E-state index contributed by atoms with van der Waals surface area (Å²) in [6, 6.07) is 12.1. The summed E-state index contributed by atoms with van der Waals surface area (Å²) >= 11 is 1.41. The molecule has 0 aliphatic heterocycles. The molecule has 6 nitrogen and oxygen atoms in total. The third-order valence-corrected chi connectivity index (χ3v) is 5.64. The summed E-state index contributed by atoms with van der Waals surface area (Å²) in [7, 11) is 0. The van der Waals surface area contributed by atoms with Gasteiger partial charge in [0, 0.05) is 22.7 Å². The number of carbonyl (C=O) groups is 3. The zero-order valence-electron chi connectivity index (χ0n) is 16.8. The van der Waals surface area contributed by atoms with E-state index in [9.17, 15) is 14.4 Å². The fourth-order valence-electron chi connectivity index (χ4n) is 2.69. The number of thioether (sulfide) groups is 1. The summed E-state index contributed by atoms with van der Waals surface area (Å²) in [6.07, 6.45) is 1.84. The highest BCUT2D eigenvalue weighted by molar-refractivity contribution is 8.00. The van der Waals surface area contributed by atoms with Gasteiger partial charge < -0.3 is 15.7 Å². The molecule has 0 heterocycles. The molecule has 0 saturated carbocycles. The topological polar surface area (TPSA) is 95.5 Å². The van der Waals surface area contributed by atoms with E-state index in [2.05, 4.69) is 10.6 Å². The van der Waals surface area contributed by atoms with Crippen LogP contribution in [0.5, 0.6) is 0 Å². The van der Waals surface area contributed by atoms with Crippen LogP contribution in [-0.2, 0) is 9.59 Å². The first-order valence-corrected chi connectivity index (χ1v) is 10.4.